The lowest BCUT2D eigenvalue weighted by Gasteiger charge is -2.32. The Labute approximate surface area is 50.3 Å². The SMILES string of the molecule is C1C[C@H]2[C@H]1C[C@H]1C[C@@H]12. The lowest BCUT2D eigenvalue weighted by atomic mass is 9.73. The minimum absolute atomic E-state index is 1.22. The molecular formula is C8H12. The van der Waals surface area contributed by atoms with Crippen LogP contribution in [0.4, 0.5) is 0 Å². The molecule has 0 amide bonds. The van der Waals surface area contributed by atoms with Crippen LogP contribution in [0.1, 0.15) is 25.7 Å². The maximum absolute atomic E-state index is 1.62. The third-order valence-corrected chi connectivity index (χ3v) is 3.61. The van der Waals surface area contributed by atoms with Crippen molar-refractivity contribution in [1.82, 2.24) is 0 Å². The van der Waals surface area contributed by atoms with Crippen LogP contribution in [0.2, 0.25) is 0 Å². The van der Waals surface area contributed by atoms with Gasteiger partial charge in [-0.3, -0.25) is 0 Å². The first-order valence-corrected chi connectivity index (χ1v) is 3.95. The van der Waals surface area contributed by atoms with E-state index in [0.29, 0.717) is 0 Å². The highest BCUT2D eigenvalue weighted by molar-refractivity contribution is 5.05. The van der Waals surface area contributed by atoms with Gasteiger partial charge in [-0.15, -0.1) is 0 Å². The number of hydrogen-bond donors (Lipinski definition) is 0. The Morgan fingerprint density at radius 3 is 2.12 bits per heavy atom. The van der Waals surface area contributed by atoms with Gasteiger partial charge in [-0.05, 0) is 49.4 Å². The molecule has 3 aliphatic rings. The molecule has 0 heteroatoms. The van der Waals surface area contributed by atoms with E-state index in [0.717, 1.165) is 0 Å². The third kappa shape index (κ3) is 0.284. The first-order chi connectivity index (χ1) is 3.95. The van der Waals surface area contributed by atoms with Gasteiger partial charge >= 0.3 is 0 Å². The molecule has 3 aliphatic carbocycles. The van der Waals surface area contributed by atoms with Gasteiger partial charge in [0, 0.05) is 0 Å². The zero-order chi connectivity index (χ0) is 5.14. The highest BCUT2D eigenvalue weighted by Gasteiger charge is 2.56. The van der Waals surface area contributed by atoms with Crippen LogP contribution in [0.5, 0.6) is 0 Å². The second-order valence-corrected chi connectivity index (χ2v) is 3.90. The first kappa shape index (κ1) is 3.92. The Bertz CT molecular complexity index is 124. The summed E-state index contributed by atoms with van der Waals surface area (Å²) < 4.78 is 0. The van der Waals surface area contributed by atoms with E-state index in [2.05, 4.69) is 0 Å². The van der Waals surface area contributed by atoms with Crippen molar-refractivity contribution in [2.75, 3.05) is 0 Å². The van der Waals surface area contributed by atoms with Crippen LogP contribution in [0, 0.1) is 23.7 Å². The summed E-state index contributed by atoms with van der Waals surface area (Å²) in [5.41, 5.74) is 0. The number of hydrogen-bond acceptors (Lipinski definition) is 0. The Morgan fingerprint density at radius 2 is 1.75 bits per heavy atom. The molecule has 0 nitrogen and oxygen atoms in total. The predicted octanol–water partition coefficient (Wildman–Crippen LogP) is 2.05. The van der Waals surface area contributed by atoms with E-state index in [4.69, 9.17) is 0 Å². The summed E-state index contributed by atoms with van der Waals surface area (Å²) in [7, 11) is 0. The molecule has 44 valence electrons. The molecule has 0 aromatic heterocycles. The average Bonchev–Trinajstić information content (AvgIpc) is 2.34. The molecule has 3 saturated carbocycles. The normalized spacial score (nSPS) is 66.0. The molecule has 0 saturated heterocycles. The summed E-state index contributed by atoms with van der Waals surface area (Å²) in [6, 6.07) is 0. The van der Waals surface area contributed by atoms with Crippen LogP contribution in [0.25, 0.3) is 0 Å². The van der Waals surface area contributed by atoms with E-state index in [9.17, 15) is 0 Å². The molecule has 0 bridgehead atoms. The molecule has 0 radical (unpaired) electrons. The fourth-order valence-corrected chi connectivity index (χ4v) is 2.91. The van der Waals surface area contributed by atoms with E-state index >= 15 is 0 Å². The van der Waals surface area contributed by atoms with Crippen LogP contribution < -0.4 is 0 Å². The largest absolute Gasteiger partial charge is 0.0499 e. The van der Waals surface area contributed by atoms with E-state index < -0.39 is 0 Å². The van der Waals surface area contributed by atoms with Gasteiger partial charge < -0.3 is 0 Å². The first-order valence-electron chi connectivity index (χ1n) is 3.95. The molecule has 4 atom stereocenters. The van der Waals surface area contributed by atoms with Gasteiger partial charge in [0.15, 0.2) is 0 Å². The summed E-state index contributed by atoms with van der Waals surface area (Å²) in [6.45, 7) is 0. The van der Waals surface area contributed by atoms with Crippen molar-refractivity contribution in [3.63, 3.8) is 0 Å². The van der Waals surface area contributed by atoms with Gasteiger partial charge in [-0.1, -0.05) is 0 Å². The Hall–Kier alpha value is 0. The fourth-order valence-electron chi connectivity index (χ4n) is 2.91. The molecule has 3 rings (SSSR count). The van der Waals surface area contributed by atoms with Gasteiger partial charge in [0.1, 0.15) is 0 Å². The van der Waals surface area contributed by atoms with Crippen molar-refractivity contribution in [2.24, 2.45) is 23.7 Å². The molecule has 3 fully saturated rings. The van der Waals surface area contributed by atoms with Crippen molar-refractivity contribution < 1.29 is 0 Å². The zero-order valence-electron chi connectivity index (χ0n) is 5.14. The van der Waals surface area contributed by atoms with Gasteiger partial charge in [0.2, 0.25) is 0 Å². The maximum Gasteiger partial charge on any atom is -0.0352 e. The lowest BCUT2D eigenvalue weighted by Crippen LogP contribution is -2.22. The molecule has 0 aromatic carbocycles. The van der Waals surface area contributed by atoms with Crippen LogP contribution in [-0.4, -0.2) is 0 Å². The smallest absolute Gasteiger partial charge is 0.0352 e. The monoisotopic (exact) mass is 108 g/mol. The Balaban J connectivity index is 1.92. The summed E-state index contributed by atoms with van der Waals surface area (Å²) in [4.78, 5) is 0. The van der Waals surface area contributed by atoms with Gasteiger partial charge in [0.05, 0.1) is 0 Å². The number of rotatable bonds is 0. The van der Waals surface area contributed by atoms with E-state index in [-0.39, 0.29) is 0 Å². The zero-order valence-corrected chi connectivity index (χ0v) is 5.14. The standard InChI is InChI=1S/C8H12/c1-2-7-5(1)3-6-4-8(6)7/h5-8H,1-4H2/t5-,6+,7+,8+/m1/s1. The maximum atomic E-state index is 1.62. The summed E-state index contributed by atoms with van der Waals surface area (Å²) in [5.74, 6) is 4.93. The minimum Gasteiger partial charge on any atom is -0.0499 e. The predicted molar refractivity (Wildman–Crippen MR) is 32.4 cm³/mol. The quantitative estimate of drug-likeness (QED) is 0.445. The van der Waals surface area contributed by atoms with E-state index in [1.54, 1.807) is 25.7 Å². The second kappa shape index (κ2) is 0.984. The lowest BCUT2D eigenvalue weighted by molar-refractivity contribution is 0.182. The van der Waals surface area contributed by atoms with Gasteiger partial charge in [0.25, 0.3) is 0 Å². The minimum atomic E-state index is 1.22. The van der Waals surface area contributed by atoms with Crippen LogP contribution in [0.15, 0.2) is 0 Å². The van der Waals surface area contributed by atoms with Crippen molar-refractivity contribution in [3.8, 4) is 0 Å². The third-order valence-electron chi connectivity index (χ3n) is 3.61. The summed E-state index contributed by atoms with van der Waals surface area (Å²) in [5, 5.41) is 0. The van der Waals surface area contributed by atoms with Crippen molar-refractivity contribution in [2.45, 2.75) is 25.7 Å². The summed E-state index contributed by atoms with van der Waals surface area (Å²) in [6.07, 6.45) is 6.40. The Kier molecular flexibility index (Phi) is 0.482. The molecule has 0 heterocycles. The molecule has 0 aliphatic heterocycles. The molecule has 0 N–H and O–H groups in total. The second-order valence-electron chi connectivity index (χ2n) is 3.90. The van der Waals surface area contributed by atoms with Crippen molar-refractivity contribution >= 4 is 0 Å². The van der Waals surface area contributed by atoms with Crippen LogP contribution in [-0.2, 0) is 0 Å². The van der Waals surface area contributed by atoms with Gasteiger partial charge in [-0.2, -0.15) is 0 Å². The van der Waals surface area contributed by atoms with Crippen LogP contribution in [0.3, 0.4) is 0 Å². The molecule has 0 spiro atoms. The van der Waals surface area contributed by atoms with Crippen molar-refractivity contribution in [1.29, 1.82) is 0 Å². The molecule has 0 unspecified atom stereocenters. The van der Waals surface area contributed by atoms with E-state index in [1.165, 1.54) is 23.7 Å². The number of fused-ring (bicyclic) bond motifs is 3. The average molecular weight is 108 g/mol. The van der Waals surface area contributed by atoms with Crippen LogP contribution >= 0.6 is 0 Å². The Morgan fingerprint density at radius 1 is 0.750 bits per heavy atom. The fraction of sp³-hybridized carbons (Fsp3) is 1.00. The molecule has 8 heavy (non-hydrogen) atoms. The molecular weight excluding hydrogens is 96.1 g/mol. The van der Waals surface area contributed by atoms with Crippen molar-refractivity contribution in [3.05, 3.63) is 0 Å². The highest BCUT2D eigenvalue weighted by Crippen LogP contribution is 2.65. The van der Waals surface area contributed by atoms with Gasteiger partial charge in [-0.25, -0.2) is 0 Å². The summed E-state index contributed by atoms with van der Waals surface area (Å²) >= 11 is 0. The molecule has 0 aromatic rings. The van der Waals surface area contributed by atoms with E-state index in [1.807, 2.05) is 0 Å². The highest BCUT2D eigenvalue weighted by atomic mass is 14.6. The topological polar surface area (TPSA) is 0 Å².